The molecule has 100 valence electrons. The van der Waals surface area contributed by atoms with Crippen LogP contribution in [-0.2, 0) is 9.53 Å². The molecule has 0 heterocycles. The van der Waals surface area contributed by atoms with E-state index in [1.165, 1.54) is 0 Å². The molecular formula is C15H22O3. The highest BCUT2D eigenvalue weighted by molar-refractivity contribution is 5.69. The van der Waals surface area contributed by atoms with Gasteiger partial charge in [0, 0.05) is 0 Å². The zero-order valence-electron chi connectivity index (χ0n) is 11.5. The van der Waals surface area contributed by atoms with Crippen molar-refractivity contribution in [2.45, 2.75) is 40.0 Å². The number of hydrogen-bond acceptors (Lipinski definition) is 3. The van der Waals surface area contributed by atoms with E-state index in [0.29, 0.717) is 19.6 Å². The fourth-order valence-electron chi connectivity index (χ4n) is 1.51. The summed E-state index contributed by atoms with van der Waals surface area (Å²) in [5.74, 6) is 0.658. The van der Waals surface area contributed by atoms with Crippen LogP contribution in [0.4, 0.5) is 0 Å². The number of ether oxygens (including phenoxy) is 2. The number of esters is 1. The summed E-state index contributed by atoms with van der Waals surface area (Å²) in [6, 6.07) is 6.04. The van der Waals surface area contributed by atoms with Gasteiger partial charge in [-0.1, -0.05) is 25.5 Å². The lowest BCUT2D eigenvalue weighted by molar-refractivity contribution is -0.144. The summed E-state index contributed by atoms with van der Waals surface area (Å²) >= 11 is 0. The van der Waals surface area contributed by atoms with Crippen LogP contribution in [-0.4, -0.2) is 19.2 Å². The van der Waals surface area contributed by atoms with Crippen molar-refractivity contribution in [2.75, 3.05) is 13.2 Å². The zero-order chi connectivity index (χ0) is 13.4. The van der Waals surface area contributed by atoms with Gasteiger partial charge < -0.3 is 9.47 Å². The summed E-state index contributed by atoms with van der Waals surface area (Å²) in [6.07, 6.45) is 2.26. The Bertz CT molecular complexity index is 385. The van der Waals surface area contributed by atoms with E-state index >= 15 is 0 Å². The second kappa shape index (κ2) is 7.75. The first-order valence-corrected chi connectivity index (χ1v) is 6.49. The van der Waals surface area contributed by atoms with Gasteiger partial charge in [0.2, 0.25) is 0 Å². The average Bonchev–Trinajstić information content (AvgIpc) is 2.34. The van der Waals surface area contributed by atoms with Crippen LogP contribution in [0.25, 0.3) is 0 Å². The van der Waals surface area contributed by atoms with Crippen molar-refractivity contribution in [2.24, 2.45) is 0 Å². The van der Waals surface area contributed by atoms with Gasteiger partial charge in [-0.2, -0.15) is 0 Å². The first kappa shape index (κ1) is 14.6. The molecule has 0 atom stereocenters. The first-order valence-electron chi connectivity index (χ1n) is 6.49. The summed E-state index contributed by atoms with van der Waals surface area (Å²) in [6.45, 7) is 6.96. The molecule has 3 heteroatoms. The van der Waals surface area contributed by atoms with Crippen LogP contribution in [0.1, 0.15) is 37.3 Å². The van der Waals surface area contributed by atoms with Gasteiger partial charge in [0.25, 0.3) is 0 Å². The van der Waals surface area contributed by atoms with Crippen molar-refractivity contribution in [3.05, 3.63) is 29.3 Å². The van der Waals surface area contributed by atoms with Gasteiger partial charge >= 0.3 is 5.97 Å². The molecule has 1 rings (SSSR count). The highest BCUT2D eigenvalue weighted by Crippen LogP contribution is 2.19. The van der Waals surface area contributed by atoms with Crippen molar-refractivity contribution in [3.63, 3.8) is 0 Å². The van der Waals surface area contributed by atoms with E-state index in [1.54, 1.807) is 0 Å². The molecule has 0 saturated carbocycles. The molecular weight excluding hydrogens is 228 g/mol. The third-order valence-corrected chi connectivity index (χ3v) is 2.67. The van der Waals surface area contributed by atoms with Gasteiger partial charge in [-0.3, -0.25) is 4.79 Å². The second-order valence-electron chi connectivity index (χ2n) is 4.44. The van der Waals surface area contributed by atoms with Gasteiger partial charge in [-0.25, -0.2) is 0 Å². The van der Waals surface area contributed by atoms with E-state index in [9.17, 15) is 4.79 Å². The maximum absolute atomic E-state index is 11.4. The van der Waals surface area contributed by atoms with Crippen LogP contribution in [0, 0.1) is 13.8 Å². The highest BCUT2D eigenvalue weighted by atomic mass is 16.5. The Balaban J connectivity index is 2.28. The van der Waals surface area contributed by atoms with Gasteiger partial charge in [0.05, 0.1) is 19.6 Å². The van der Waals surface area contributed by atoms with Gasteiger partial charge in [-0.15, -0.1) is 0 Å². The van der Waals surface area contributed by atoms with E-state index in [1.807, 2.05) is 32.0 Å². The maximum Gasteiger partial charge on any atom is 0.309 e. The Hall–Kier alpha value is -1.51. The van der Waals surface area contributed by atoms with Crippen molar-refractivity contribution in [1.29, 1.82) is 0 Å². The standard InChI is InChI=1S/C15H22O3/c1-4-5-9-18-15(16)8-10-17-14-11-12(2)6-7-13(14)3/h6-7,11H,4-5,8-10H2,1-3H3. The quantitative estimate of drug-likeness (QED) is 0.549. The minimum atomic E-state index is -0.186. The van der Waals surface area contributed by atoms with Crippen LogP contribution in [0.2, 0.25) is 0 Å². The molecule has 0 aromatic heterocycles. The van der Waals surface area contributed by atoms with Crippen LogP contribution in [0.5, 0.6) is 5.75 Å². The van der Waals surface area contributed by atoms with Crippen LogP contribution in [0.15, 0.2) is 18.2 Å². The second-order valence-corrected chi connectivity index (χ2v) is 4.44. The number of aryl methyl sites for hydroxylation is 2. The van der Waals surface area contributed by atoms with Gasteiger partial charge in [0.1, 0.15) is 5.75 Å². The summed E-state index contributed by atoms with van der Waals surface area (Å²) < 4.78 is 10.6. The molecule has 0 spiro atoms. The maximum atomic E-state index is 11.4. The van der Waals surface area contributed by atoms with E-state index in [4.69, 9.17) is 9.47 Å². The van der Waals surface area contributed by atoms with E-state index < -0.39 is 0 Å². The molecule has 1 aromatic rings. The molecule has 3 nitrogen and oxygen atoms in total. The minimum Gasteiger partial charge on any atom is -0.493 e. The predicted molar refractivity (Wildman–Crippen MR) is 71.9 cm³/mol. The lowest BCUT2D eigenvalue weighted by Crippen LogP contribution is -2.11. The van der Waals surface area contributed by atoms with Crippen molar-refractivity contribution in [3.8, 4) is 5.75 Å². The van der Waals surface area contributed by atoms with Gasteiger partial charge in [0.15, 0.2) is 0 Å². The first-order chi connectivity index (χ1) is 8.63. The average molecular weight is 250 g/mol. The Labute approximate surface area is 109 Å². The number of rotatable bonds is 7. The molecule has 0 aliphatic heterocycles. The Morgan fingerprint density at radius 2 is 2.00 bits per heavy atom. The topological polar surface area (TPSA) is 35.5 Å². The predicted octanol–water partition coefficient (Wildman–Crippen LogP) is 3.42. The summed E-state index contributed by atoms with van der Waals surface area (Å²) in [5.41, 5.74) is 2.24. The number of benzene rings is 1. The molecule has 0 saturated heterocycles. The molecule has 0 N–H and O–H groups in total. The SMILES string of the molecule is CCCCOC(=O)CCOc1cc(C)ccc1C. The molecule has 0 aliphatic carbocycles. The van der Waals surface area contributed by atoms with Gasteiger partial charge in [-0.05, 0) is 37.5 Å². The molecule has 0 aliphatic rings. The highest BCUT2D eigenvalue weighted by Gasteiger charge is 2.04. The molecule has 0 amide bonds. The Morgan fingerprint density at radius 1 is 1.22 bits per heavy atom. The number of unbranched alkanes of at least 4 members (excludes halogenated alkanes) is 1. The third-order valence-electron chi connectivity index (χ3n) is 2.67. The van der Waals surface area contributed by atoms with Crippen molar-refractivity contribution < 1.29 is 14.3 Å². The molecule has 0 bridgehead atoms. The molecule has 18 heavy (non-hydrogen) atoms. The molecule has 1 aromatic carbocycles. The Morgan fingerprint density at radius 3 is 2.72 bits per heavy atom. The van der Waals surface area contributed by atoms with E-state index in [2.05, 4.69) is 6.92 Å². The van der Waals surface area contributed by atoms with Crippen molar-refractivity contribution >= 4 is 5.97 Å². The molecule has 0 unspecified atom stereocenters. The smallest absolute Gasteiger partial charge is 0.309 e. The summed E-state index contributed by atoms with van der Waals surface area (Å²) in [4.78, 5) is 11.4. The molecule has 0 fully saturated rings. The van der Waals surface area contributed by atoms with Crippen molar-refractivity contribution in [1.82, 2.24) is 0 Å². The Kier molecular flexibility index (Phi) is 6.26. The largest absolute Gasteiger partial charge is 0.493 e. The lowest BCUT2D eigenvalue weighted by atomic mass is 10.1. The number of hydrogen-bond donors (Lipinski definition) is 0. The van der Waals surface area contributed by atoms with Crippen LogP contribution >= 0.6 is 0 Å². The number of carbonyl (C=O) groups excluding carboxylic acids is 1. The third kappa shape index (κ3) is 5.21. The number of carbonyl (C=O) groups is 1. The monoisotopic (exact) mass is 250 g/mol. The fraction of sp³-hybridized carbons (Fsp3) is 0.533. The minimum absolute atomic E-state index is 0.186. The van der Waals surface area contributed by atoms with E-state index in [-0.39, 0.29) is 5.97 Å². The molecule has 0 radical (unpaired) electrons. The van der Waals surface area contributed by atoms with E-state index in [0.717, 1.165) is 29.7 Å². The van der Waals surface area contributed by atoms with Crippen LogP contribution in [0.3, 0.4) is 0 Å². The summed E-state index contributed by atoms with van der Waals surface area (Å²) in [5, 5.41) is 0. The zero-order valence-corrected chi connectivity index (χ0v) is 11.5. The lowest BCUT2D eigenvalue weighted by Gasteiger charge is -2.09. The van der Waals surface area contributed by atoms with Crippen LogP contribution < -0.4 is 4.74 Å². The summed E-state index contributed by atoms with van der Waals surface area (Å²) in [7, 11) is 0. The normalized spacial score (nSPS) is 10.2. The fourth-order valence-corrected chi connectivity index (χ4v) is 1.51.